The van der Waals surface area contributed by atoms with Crippen molar-refractivity contribution in [3.63, 3.8) is 0 Å². The highest BCUT2D eigenvalue weighted by atomic mass is 35.5. The number of fused-ring (bicyclic) bond motifs is 1. The Morgan fingerprint density at radius 2 is 1.75 bits per heavy atom. The Kier molecular flexibility index (Phi) is 2.54. The summed E-state index contributed by atoms with van der Waals surface area (Å²) in [5.41, 5.74) is 0.869. The quantitative estimate of drug-likeness (QED) is 0.641. The predicted octanol–water partition coefficient (Wildman–Crippen LogP) is 3.92. The molecule has 0 saturated heterocycles. The highest BCUT2D eigenvalue weighted by Gasteiger charge is 2.18. The van der Waals surface area contributed by atoms with E-state index in [0.29, 0.717) is 11.3 Å². The van der Waals surface area contributed by atoms with Crippen LogP contribution in [0.15, 0.2) is 6.07 Å². The molecular formula is C11H7ClF3N. The van der Waals surface area contributed by atoms with Gasteiger partial charge in [-0.15, -0.1) is 0 Å². The largest absolute Gasteiger partial charge is 0.250 e. The fraction of sp³-hybridized carbons (Fsp3) is 0.182. The third kappa shape index (κ3) is 1.45. The average Bonchev–Trinajstić information content (AvgIpc) is 2.25. The van der Waals surface area contributed by atoms with Crippen molar-refractivity contribution in [2.75, 3.05) is 0 Å². The summed E-state index contributed by atoms with van der Waals surface area (Å²) in [6.45, 7) is 3.31. The molecule has 0 saturated carbocycles. The molecule has 0 atom stereocenters. The fourth-order valence-corrected chi connectivity index (χ4v) is 1.76. The van der Waals surface area contributed by atoms with E-state index < -0.39 is 17.5 Å². The maximum absolute atomic E-state index is 13.4. The second kappa shape index (κ2) is 3.63. The molecule has 0 unspecified atom stereocenters. The van der Waals surface area contributed by atoms with Crippen molar-refractivity contribution in [3.05, 3.63) is 39.8 Å². The summed E-state index contributed by atoms with van der Waals surface area (Å²) in [6, 6.07) is 0.857. The Bertz CT molecular complexity index is 543. The Hall–Kier alpha value is -1.29. The predicted molar refractivity (Wildman–Crippen MR) is 56.1 cm³/mol. The molecule has 0 amide bonds. The molecule has 0 radical (unpaired) electrons. The molecule has 5 heteroatoms. The SMILES string of the molecule is Cc1nc2c(F)c(F)c(F)cc2c(Cl)c1C. The van der Waals surface area contributed by atoms with Crippen LogP contribution in [0.1, 0.15) is 11.3 Å². The van der Waals surface area contributed by atoms with Crippen LogP contribution in [0.5, 0.6) is 0 Å². The summed E-state index contributed by atoms with van der Waals surface area (Å²) in [4.78, 5) is 3.87. The molecule has 2 rings (SSSR count). The lowest BCUT2D eigenvalue weighted by molar-refractivity contribution is 0.452. The molecule has 0 spiro atoms. The lowest BCUT2D eigenvalue weighted by Crippen LogP contribution is -1.98. The Labute approximate surface area is 94.9 Å². The van der Waals surface area contributed by atoms with Crippen LogP contribution in [-0.4, -0.2) is 4.98 Å². The highest BCUT2D eigenvalue weighted by Crippen LogP contribution is 2.30. The normalized spacial score (nSPS) is 11.1. The van der Waals surface area contributed by atoms with E-state index in [9.17, 15) is 13.2 Å². The number of rotatable bonds is 0. The minimum atomic E-state index is -1.53. The molecule has 0 N–H and O–H groups in total. The summed E-state index contributed by atoms with van der Waals surface area (Å²) in [6.07, 6.45) is 0. The van der Waals surface area contributed by atoms with Crippen molar-refractivity contribution in [1.82, 2.24) is 4.98 Å². The molecule has 1 aromatic carbocycles. The van der Waals surface area contributed by atoms with Gasteiger partial charge in [0, 0.05) is 11.1 Å². The van der Waals surface area contributed by atoms with Crippen LogP contribution in [0, 0.1) is 31.3 Å². The number of nitrogens with zero attached hydrogens (tertiary/aromatic N) is 1. The number of aryl methyl sites for hydroxylation is 1. The van der Waals surface area contributed by atoms with Crippen LogP contribution in [0.3, 0.4) is 0 Å². The van der Waals surface area contributed by atoms with Gasteiger partial charge in [-0.3, -0.25) is 0 Å². The molecule has 1 heterocycles. The lowest BCUT2D eigenvalue weighted by Gasteiger charge is -2.08. The van der Waals surface area contributed by atoms with E-state index in [2.05, 4.69) is 4.98 Å². The molecular weight excluding hydrogens is 239 g/mol. The number of aromatic nitrogens is 1. The first kappa shape index (κ1) is 11.2. The maximum atomic E-state index is 13.4. The number of halogens is 4. The third-order valence-electron chi connectivity index (χ3n) is 2.52. The smallest absolute Gasteiger partial charge is 0.196 e. The van der Waals surface area contributed by atoms with Gasteiger partial charge in [0.1, 0.15) is 5.52 Å². The number of hydrogen-bond acceptors (Lipinski definition) is 1. The average molecular weight is 246 g/mol. The van der Waals surface area contributed by atoms with Crippen LogP contribution in [0.2, 0.25) is 5.02 Å². The van der Waals surface area contributed by atoms with E-state index in [0.717, 1.165) is 6.07 Å². The van der Waals surface area contributed by atoms with Gasteiger partial charge < -0.3 is 0 Å². The zero-order valence-electron chi connectivity index (χ0n) is 8.54. The second-order valence-corrected chi connectivity index (χ2v) is 3.90. The van der Waals surface area contributed by atoms with E-state index in [1.807, 2.05) is 0 Å². The van der Waals surface area contributed by atoms with E-state index in [1.54, 1.807) is 13.8 Å². The van der Waals surface area contributed by atoms with Crippen LogP contribution >= 0.6 is 11.6 Å². The monoisotopic (exact) mass is 245 g/mol. The minimum Gasteiger partial charge on any atom is -0.250 e. The topological polar surface area (TPSA) is 12.9 Å². The molecule has 0 aliphatic heterocycles. The molecule has 1 nitrogen and oxygen atoms in total. The second-order valence-electron chi connectivity index (χ2n) is 3.52. The first-order valence-electron chi connectivity index (χ1n) is 4.53. The summed E-state index contributed by atoms with van der Waals surface area (Å²) in [7, 11) is 0. The van der Waals surface area contributed by atoms with Gasteiger partial charge in [-0.1, -0.05) is 11.6 Å². The van der Waals surface area contributed by atoms with Crippen LogP contribution < -0.4 is 0 Å². The van der Waals surface area contributed by atoms with Gasteiger partial charge in [-0.25, -0.2) is 18.2 Å². The van der Waals surface area contributed by atoms with E-state index in [4.69, 9.17) is 11.6 Å². The van der Waals surface area contributed by atoms with E-state index >= 15 is 0 Å². The number of pyridine rings is 1. The highest BCUT2D eigenvalue weighted by molar-refractivity contribution is 6.36. The molecule has 1 aromatic heterocycles. The lowest BCUT2D eigenvalue weighted by atomic mass is 10.1. The Balaban J connectivity index is 3.02. The summed E-state index contributed by atoms with van der Waals surface area (Å²) in [5.74, 6) is -4.10. The summed E-state index contributed by atoms with van der Waals surface area (Å²) in [5, 5.41) is 0.279. The van der Waals surface area contributed by atoms with Crippen molar-refractivity contribution in [2.45, 2.75) is 13.8 Å². The maximum Gasteiger partial charge on any atom is 0.196 e. The van der Waals surface area contributed by atoms with Crippen molar-refractivity contribution in [2.24, 2.45) is 0 Å². The Morgan fingerprint density at radius 1 is 1.12 bits per heavy atom. The third-order valence-corrected chi connectivity index (χ3v) is 3.01. The van der Waals surface area contributed by atoms with Crippen LogP contribution in [0.4, 0.5) is 13.2 Å². The standard InChI is InChI=1S/C11H7ClF3N/c1-4-5(2)16-11-6(8(4)12)3-7(13)9(14)10(11)15/h3H,1-2H3. The van der Waals surface area contributed by atoms with Gasteiger partial charge in [0.25, 0.3) is 0 Å². The van der Waals surface area contributed by atoms with Crippen molar-refractivity contribution < 1.29 is 13.2 Å². The molecule has 0 aliphatic rings. The molecule has 16 heavy (non-hydrogen) atoms. The fourth-order valence-electron chi connectivity index (χ4n) is 1.47. The van der Waals surface area contributed by atoms with Gasteiger partial charge in [0.15, 0.2) is 17.5 Å². The molecule has 84 valence electrons. The first-order valence-corrected chi connectivity index (χ1v) is 4.91. The molecule has 0 fully saturated rings. The zero-order chi connectivity index (χ0) is 12.0. The van der Waals surface area contributed by atoms with Crippen molar-refractivity contribution in [3.8, 4) is 0 Å². The van der Waals surface area contributed by atoms with Gasteiger partial charge in [-0.2, -0.15) is 0 Å². The number of hydrogen-bond donors (Lipinski definition) is 0. The van der Waals surface area contributed by atoms with Crippen molar-refractivity contribution >= 4 is 22.5 Å². The number of benzene rings is 1. The Morgan fingerprint density at radius 3 is 2.38 bits per heavy atom. The summed E-state index contributed by atoms with van der Waals surface area (Å²) >= 11 is 5.93. The van der Waals surface area contributed by atoms with Crippen LogP contribution in [0.25, 0.3) is 10.9 Å². The first-order chi connectivity index (χ1) is 7.43. The zero-order valence-corrected chi connectivity index (χ0v) is 9.29. The summed E-state index contributed by atoms with van der Waals surface area (Å²) < 4.78 is 39.4. The van der Waals surface area contributed by atoms with Gasteiger partial charge in [-0.05, 0) is 25.5 Å². The van der Waals surface area contributed by atoms with Gasteiger partial charge in [0.2, 0.25) is 0 Å². The van der Waals surface area contributed by atoms with Gasteiger partial charge >= 0.3 is 0 Å². The van der Waals surface area contributed by atoms with Crippen molar-refractivity contribution in [1.29, 1.82) is 0 Å². The molecule has 2 aromatic rings. The molecule has 0 aliphatic carbocycles. The molecule has 0 bridgehead atoms. The minimum absolute atomic E-state index is 0.0844. The van der Waals surface area contributed by atoms with Gasteiger partial charge in [0.05, 0.1) is 5.02 Å². The van der Waals surface area contributed by atoms with E-state index in [1.165, 1.54) is 0 Å². The van der Waals surface area contributed by atoms with E-state index in [-0.39, 0.29) is 15.9 Å². The van der Waals surface area contributed by atoms with Crippen LogP contribution in [-0.2, 0) is 0 Å².